The number of amides is 1. The van der Waals surface area contributed by atoms with Gasteiger partial charge in [-0.15, -0.1) is 0 Å². The van der Waals surface area contributed by atoms with E-state index in [1.807, 2.05) is 0 Å². The number of hydrogen-bond donors (Lipinski definition) is 3. The maximum Gasteiger partial charge on any atom is 0.401 e. The first kappa shape index (κ1) is 20.9. The molecule has 0 aliphatic carbocycles. The molecule has 1 heterocycles. The summed E-state index contributed by atoms with van der Waals surface area (Å²) in [5.41, 5.74) is 1.55. The lowest BCUT2D eigenvalue weighted by Crippen LogP contribution is -2.28. The Morgan fingerprint density at radius 3 is 2.34 bits per heavy atom. The minimum absolute atomic E-state index is 0.0345. The highest BCUT2D eigenvalue weighted by molar-refractivity contribution is 6.31. The van der Waals surface area contributed by atoms with Crippen molar-refractivity contribution in [3.63, 3.8) is 0 Å². The molecule has 3 N–H and O–H groups in total. The van der Waals surface area contributed by atoms with Gasteiger partial charge in [-0.1, -0.05) is 35.9 Å². The molecule has 152 valence electrons. The van der Waals surface area contributed by atoms with E-state index in [9.17, 15) is 22.8 Å². The lowest BCUT2D eigenvalue weighted by Gasteiger charge is -2.09. The van der Waals surface area contributed by atoms with Crippen LogP contribution in [-0.4, -0.2) is 23.6 Å². The molecule has 9 heteroatoms. The van der Waals surface area contributed by atoms with E-state index in [-0.39, 0.29) is 18.7 Å². The predicted molar refractivity (Wildman–Crippen MR) is 105 cm³/mol. The first-order valence-electron chi connectivity index (χ1n) is 8.67. The SMILES string of the molecule is O=C(NCc1ccc(CNCC(F)(F)F)cc1)c1c[nH]c2ccc(Cl)cc2c1=O. The van der Waals surface area contributed by atoms with Gasteiger partial charge in [-0.2, -0.15) is 13.2 Å². The number of carbonyl (C=O) groups is 1. The van der Waals surface area contributed by atoms with E-state index in [2.05, 4.69) is 15.6 Å². The number of carbonyl (C=O) groups excluding carboxylic acids is 1. The van der Waals surface area contributed by atoms with Crippen LogP contribution >= 0.6 is 11.6 Å². The molecule has 1 aromatic heterocycles. The number of alkyl halides is 3. The minimum atomic E-state index is -4.25. The van der Waals surface area contributed by atoms with E-state index in [4.69, 9.17) is 11.6 Å². The molecule has 3 rings (SSSR count). The monoisotopic (exact) mass is 423 g/mol. The van der Waals surface area contributed by atoms with Gasteiger partial charge in [0.15, 0.2) is 0 Å². The molecule has 0 fully saturated rings. The summed E-state index contributed by atoms with van der Waals surface area (Å²) >= 11 is 5.92. The second kappa shape index (κ2) is 8.67. The summed E-state index contributed by atoms with van der Waals surface area (Å²) in [7, 11) is 0. The molecule has 0 spiro atoms. The molecule has 0 radical (unpaired) electrons. The number of fused-ring (bicyclic) bond motifs is 1. The zero-order valence-electron chi connectivity index (χ0n) is 15.1. The summed E-state index contributed by atoms with van der Waals surface area (Å²) in [6, 6.07) is 11.6. The molecule has 0 saturated carbocycles. The van der Waals surface area contributed by atoms with Gasteiger partial charge in [0, 0.05) is 35.2 Å². The number of benzene rings is 2. The zero-order valence-corrected chi connectivity index (χ0v) is 15.8. The number of pyridine rings is 1. The lowest BCUT2D eigenvalue weighted by atomic mass is 10.1. The standard InChI is InChI=1S/C20H17ClF3N3O2/c21-14-5-6-17-15(7-14)18(28)16(10-26-17)19(29)27-9-13-3-1-12(2-4-13)8-25-11-20(22,23)24/h1-7,10,25H,8-9,11H2,(H,26,28)(H,27,29). The van der Waals surface area contributed by atoms with E-state index in [0.29, 0.717) is 21.5 Å². The fourth-order valence-electron chi connectivity index (χ4n) is 2.76. The van der Waals surface area contributed by atoms with Gasteiger partial charge in [0.25, 0.3) is 5.91 Å². The molecule has 0 saturated heterocycles. The summed E-state index contributed by atoms with van der Waals surface area (Å²) in [5, 5.41) is 5.69. The van der Waals surface area contributed by atoms with Crippen molar-refractivity contribution < 1.29 is 18.0 Å². The van der Waals surface area contributed by atoms with Crippen LogP contribution in [0.1, 0.15) is 21.5 Å². The largest absolute Gasteiger partial charge is 0.401 e. The van der Waals surface area contributed by atoms with Crippen LogP contribution in [0.3, 0.4) is 0 Å². The fourth-order valence-corrected chi connectivity index (χ4v) is 2.93. The second-order valence-electron chi connectivity index (χ2n) is 6.44. The van der Waals surface area contributed by atoms with E-state index < -0.39 is 24.1 Å². The Kier molecular flexibility index (Phi) is 6.24. The average molecular weight is 424 g/mol. The number of nitrogens with one attached hydrogen (secondary N) is 3. The van der Waals surface area contributed by atoms with Crippen molar-refractivity contribution >= 4 is 28.4 Å². The third-order valence-corrected chi connectivity index (χ3v) is 4.45. The van der Waals surface area contributed by atoms with E-state index in [0.717, 1.165) is 5.56 Å². The Balaban J connectivity index is 1.61. The molecule has 29 heavy (non-hydrogen) atoms. The smallest absolute Gasteiger partial charge is 0.360 e. The molecule has 0 aliphatic heterocycles. The molecular formula is C20H17ClF3N3O2. The van der Waals surface area contributed by atoms with Gasteiger partial charge in [0.2, 0.25) is 5.43 Å². The van der Waals surface area contributed by atoms with Crippen LogP contribution in [0, 0.1) is 0 Å². The van der Waals surface area contributed by atoms with Crippen molar-refractivity contribution in [2.45, 2.75) is 19.3 Å². The Labute approximate surface area is 168 Å². The molecule has 2 aromatic carbocycles. The van der Waals surface area contributed by atoms with Gasteiger partial charge in [-0.05, 0) is 29.3 Å². The normalized spacial score (nSPS) is 11.6. The molecule has 3 aromatic rings. The Hall–Kier alpha value is -2.84. The molecule has 0 aliphatic rings. The first-order chi connectivity index (χ1) is 13.7. The first-order valence-corrected chi connectivity index (χ1v) is 9.05. The van der Waals surface area contributed by atoms with Crippen molar-refractivity contribution in [2.75, 3.05) is 6.54 Å². The number of hydrogen-bond acceptors (Lipinski definition) is 3. The highest BCUT2D eigenvalue weighted by Gasteiger charge is 2.26. The topological polar surface area (TPSA) is 74.0 Å². The van der Waals surface area contributed by atoms with Crippen LogP contribution < -0.4 is 16.1 Å². The molecule has 0 atom stereocenters. The van der Waals surface area contributed by atoms with Crippen LogP contribution in [0.25, 0.3) is 10.9 Å². The van der Waals surface area contributed by atoms with E-state index >= 15 is 0 Å². The van der Waals surface area contributed by atoms with Crippen molar-refractivity contribution in [3.8, 4) is 0 Å². The highest BCUT2D eigenvalue weighted by atomic mass is 35.5. The summed E-state index contributed by atoms with van der Waals surface area (Å²) in [4.78, 5) is 27.8. The molecule has 0 bridgehead atoms. The van der Waals surface area contributed by atoms with E-state index in [1.165, 1.54) is 12.3 Å². The van der Waals surface area contributed by atoms with Gasteiger partial charge in [0.1, 0.15) is 5.56 Å². The third-order valence-electron chi connectivity index (χ3n) is 4.22. The average Bonchev–Trinajstić information content (AvgIpc) is 2.67. The predicted octanol–water partition coefficient (Wildman–Crippen LogP) is 3.76. The quantitative estimate of drug-likeness (QED) is 0.565. The van der Waals surface area contributed by atoms with Crippen LogP contribution in [0.15, 0.2) is 53.5 Å². The molecule has 1 amide bonds. The number of aromatic nitrogens is 1. The maximum atomic E-state index is 12.5. The maximum absolute atomic E-state index is 12.5. The van der Waals surface area contributed by atoms with Crippen molar-refractivity contribution in [1.29, 1.82) is 0 Å². The molecule has 5 nitrogen and oxygen atoms in total. The van der Waals surface area contributed by atoms with Gasteiger partial charge in [0.05, 0.1) is 6.54 Å². The lowest BCUT2D eigenvalue weighted by molar-refractivity contribution is -0.125. The third kappa shape index (κ3) is 5.58. The van der Waals surface area contributed by atoms with Crippen LogP contribution in [0.2, 0.25) is 5.02 Å². The highest BCUT2D eigenvalue weighted by Crippen LogP contribution is 2.15. The van der Waals surface area contributed by atoms with Crippen molar-refractivity contribution in [3.05, 3.63) is 80.6 Å². The summed E-state index contributed by atoms with van der Waals surface area (Å²) in [6.07, 6.45) is -2.90. The number of aromatic amines is 1. The van der Waals surface area contributed by atoms with Crippen molar-refractivity contribution in [1.82, 2.24) is 15.6 Å². The summed E-state index contributed by atoms with van der Waals surface area (Å²) in [6.45, 7) is -0.806. The van der Waals surface area contributed by atoms with Gasteiger partial charge < -0.3 is 15.6 Å². The van der Waals surface area contributed by atoms with E-state index in [1.54, 1.807) is 36.4 Å². The van der Waals surface area contributed by atoms with Crippen LogP contribution in [0.4, 0.5) is 13.2 Å². The fraction of sp³-hybridized carbons (Fsp3) is 0.200. The zero-order chi connectivity index (χ0) is 21.0. The Morgan fingerprint density at radius 1 is 1.03 bits per heavy atom. The van der Waals surface area contributed by atoms with Crippen LogP contribution in [-0.2, 0) is 13.1 Å². The van der Waals surface area contributed by atoms with Gasteiger partial charge in [-0.3, -0.25) is 9.59 Å². The minimum Gasteiger partial charge on any atom is -0.360 e. The molecule has 0 unspecified atom stereocenters. The van der Waals surface area contributed by atoms with Gasteiger partial charge in [-0.25, -0.2) is 0 Å². The van der Waals surface area contributed by atoms with Crippen LogP contribution in [0.5, 0.6) is 0 Å². The second-order valence-corrected chi connectivity index (χ2v) is 6.88. The number of halogens is 4. The number of H-pyrrole nitrogens is 1. The Bertz CT molecular complexity index is 1080. The summed E-state index contributed by atoms with van der Waals surface area (Å²) < 4.78 is 36.4. The molecular weight excluding hydrogens is 407 g/mol. The number of rotatable bonds is 6. The van der Waals surface area contributed by atoms with Crippen molar-refractivity contribution in [2.24, 2.45) is 0 Å². The summed E-state index contributed by atoms with van der Waals surface area (Å²) in [5.74, 6) is -0.538. The Morgan fingerprint density at radius 2 is 1.69 bits per heavy atom. The van der Waals surface area contributed by atoms with Gasteiger partial charge >= 0.3 is 6.18 Å².